The average Bonchev–Trinajstić information content (AvgIpc) is 3.14. The van der Waals surface area contributed by atoms with Crippen molar-refractivity contribution < 1.29 is 4.79 Å². The summed E-state index contributed by atoms with van der Waals surface area (Å²) >= 11 is 1.71. The minimum absolute atomic E-state index is 0.169. The normalized spacial score (nSPS) is 17.1. The van der Waals surface area contributed by atoms with Crippen molar-refractivity contribution in [3.05, 3.63) is 56.8 Å². The van der Waals surface area contributed by atoms with Crippen LogP contribution in [0.3, 0.4) is 0 Å². The van der Waals surface area contributed by atoms with Crippen LogP contribution in [0, 0.1) is 20.8 Å². The van der Waals surface area contributed by atoms with Crippen LogP contribution in [0.1, 0.15) is 50.3 Å². The molecule has 0 amide bonds. The quantitative estimate of drug-likeness (QED) is 0.717. The highest BCUT2D eigenvalue weighted by atomic mass is 32.1. The highest BCUT2D eigenvalue weighted by Crippen LogP contribution is 2.36. The summed E-state index contributed by atoms with van der Waals surface area (Å²) in [7, 11) is 0. The maximum absolute atomic E-state index is 12.7. The molecule has 3 aromatic heterocycles. The molecule has 0 radical (unpaired) electrons. The summed E-state index contributed by atoms with van der Waals surface area (Å²) in [5.74, 6) is 0.935. The molecular formula is C18H18N4OS. The average molecular weight is 338 g/mol. The first-order valence-electron chi connectivity index (χ1n) is 8.00. The van der Waals surface area contributed by atoms with Gasteiger partial charge in [-0.05, 0) is 44.7 Å². The van der Waals surface area contributed by atoms with E-state index in [4.69, 9.17) is 0 Å². The number of hydrogen-bond donors (Lipinski definition) is 0. The first-order chi connectivity index (χ1) is 11.5. The Bertz CT molecular complexity index is 907. The maximum Gasteiger partial charge on any atom is 0.251 e. The summed E-state index contributed by atoms with van der Waals surface area (Å²) < 4.78 is 1.77. The zero-order chi connectivity index (χ0) is 16.8. The topological polar surface area (TPSA) is 60.7 Å². The molecule has 1 aliphatic rings. The molecule has 3 aromatic rings. The van der Waals surface area contributed by atoms with E-state index in [2.05, 4.69) is 26.5 Å². The summed E-state index contributed by atoms with van der Waals surface area (Å²) in [6.45, 7) is 5.78. The van der Waals surface area contributed by atoms with Crippen molar-refractivity contribution in [1.82, 2.24) is 19.7 Å². The van der Waals surface area contributed by atoms with Gasteiger partial charge in [-0.25, -0.2) is 14.6 Å². The first kappa shape index (κ1) is 15.2. The Hall–Kier alpha value is -2.34. The van der Waals surface area contributed by atoms with Gasteiger partial charge in [0.1, 0.15) is 0 Å². The van der Waals surface area contributed by atoms with Gasteiger partial charge >= 0.3 is 0 Å². The number of fused-ring (bicyclic) bond motifs is 1. The van der Waals surface area contributed by atoms with Crippen molar-refractivity contribution in [2.45, 2.75) is 39.5 Å². The number of rotatable bonds is 2. The number of carbonyl (C=O) groups excluding carboxylic acids is 1. The van der Waals surface area contributed by atoms with Gasteiger partial charge in [-0.3, -0.25) is 4.79 Å². The minimum Gasteiger partial charge on any atom is -0.294 e. The maximum atomic E-state index is 12.7. The van der Waals surface area contributed by atoms with Gasteiger partial charge in [0.15, 0.2) is 5.78 Å². The Morgan fingerprint density at radius 2 is 1.92 bits per heavy atom. The molecule has 3 heterocycles. The molecule has 4 rings (SSSR count). The van der Waals surface area contributed by atoms with E-state index in [-0.39, 0.29) is 11.7 Å². The van der Waals surface area contributed by atoms with Crippen LogP contribution in [0.2, 0.25) is 0 Å². The molecule has 0 bridgehead atoms. The van der Waals surface area contributed by atoms with Crippen LogP contribution in [-0.4, -0.2) is 25.5 Å². The highest BCUT2D eigenvalue weighted by molar-refractivity contribution is 7.10. The monoisotopic (exact) mass is 338 g/mol. The van der Waals surface area contributed by atoms with Gasteiger partial charge in [-0.1, -0.05) is 6.07 Å². The molecule has 5 nitrogen and oxygen atoms in total. The molecule has 0 saturated carbocycles. The van der Waals surface area contributed by atoms with Crippen molar-refractivity contribution in [3.63, 3.8) is 0 Å². The summed E-state index contributed by atoms with van der Waals surface area (Å²) in [4.78, 5) is 23.0. The van der Waals surface area contributed by atoms with Crippen LogP contribution in [0.5, 0.6) is 0 Å². The predicted octanol–water partition coefficient (Wildman–Crippen LogP) is 3.56. The van der Waals surface area contributed by atoms with E-state index >= 15 is 0 Å². The van der Waals surface area contributed by atoms with Gasteiger partial charge < -0.3 is 0 Å². The second-order valence-electron chi connectivity index (χ2n) is 6.31. The van der Waals surface area contributed by atoms with E-state index in [1.807, 2.05) is 32.9 Å². The number of thiophene rings is 1. The Labute approximate surface area is 144 Å². The van der Waals surface area contributed by atoms with Crippen molar-refractivity contribution >= 4 is 17.1 Å². The van der Waals surface area contributed by atoms with E-state index in [1.165, 1.54) is 4.88 Å². The molecule has 1 aliphatic carbocycles. The van der Waals surface area contributed by atoms with E-state index in [1.54, 1.807) is 16.0 Å². The SMILES string of the molecule is Cc1cc(C)nc(-n2nc(C)c3c2C[C@@H](c2cccs2)CC3=O)n1. The van der Waals surface area contributed by atoms with Crippen LogP contribution in [-0.2, 0) is 6.42 Å². The third-order valence-corrected chi connectivity index (χ3v) is 5.45. The smallest absolute Gasteiger partial charge is 0.251 e. The molecule has 24 heavy (non-hydrogen) atoms. The van der Waals surface area contributed by atoms with E-state index in [0.717, 1.165) is 34.8 Å². The van der Waals surface area contributed by atoms with Gasteiger partial charge in [0.2, 0.25) is 0 Å². The van der Waals surface area contributed by atoms with Crippen LogP contribution < -0.4 is 0 Å². The van der Waals surface area contributed by atoms with Gasteiger partial charge in [0.05, 0.1) is 17.0 Å². The van der Waals surface area contributed by atoms with E-state index in [0.29, 0.717) is 12.4 Å². The second kappa shape index (κ2) is 5.63. The molecule has 122 valence electrons. The van der Waals surface area contributed by atoms with Crippen LogP contribution in [0.25, 0.3) is 5.95 Å². The molecule has 0 unspecified atom stereocenters. The fourth-order valence-electron chi connectivity index (χ4n) is 3.45. The number of ketones is 1. The van der Waals surface area contributed by atoms with Gasteiger partial charge in [0.25, 0.3) is 5.95 Å². The molecular weight excluding hydrogens is 320 g/mol. The Morgan fingerprint density at radius 1 is 1.17 bits per heavy atom. The fraction of sp³-hybridized carbons (Fsp3) is 0.333. The Balaban J connectivity index is 1.84. The van der Waals surface area contributed by atoms with E-state index < -0.39 is 0 Å². The zero-order valence-corrected chi connectivity index (χ0v) is 14.7. The van der Waals surface area contributed by atoms with Crippen molar-refractivity contribution in [1.29, 1.82) is 0 Å². The molecule has 0 fully saturated rings. The largest absolute Gasteiger partial charge is 0.294 e. The Kier molecular flexibility index (Phi) is 3.57. The van der Waals surface area contributed by atoms with Crippen molar-refractivity contribution in [3.8, 4) is 5.95 Å². The lowest BCUT2D eigenvalue weighted by Gasteiger charge is -2.21. The molecule has 0 aromatic carbocycles. The zero-order valence-electron chi connectivity index (χ0n) is 13.9. The van der Waals surface area contributed by atoms with Gasteiger partial charge in [-0.2, -0.15) is 5.10 Å². The molecule has 1 atom stereocenters. The van der Waals surface area contributed by atoms with Gasteiger partial charge in [0, 0.05) is 28.6 Å². The second-order valence-corrected chi connectivity index (χ2v) is 7.29. The number of aromatic nitrogens is 4. The highest BCUT2D eigenvalue weighted by Gasteiger charge is 2.33. The molecule has 0 N–H and O–H groups in total. The number of Topliss-reactive ketones (excluding diaryl/α,β-unsaturated/α-hetero) is 1. The summed E-state index contributed by atoms with van der Waals surface area (Å²) in [5.41, 5.74) is 4.26. The lowest BCUT2D eigenvalue weighted by Crippen LogP contribution is -2.20. The number of aryl methyl sites for hydroxylation is 3. The molecule has 0 spiro atoms. The third-order valence-electron chi connectivity index (χ3n) is 4.41. The lowest BCUT2D eigenvalue weighted by molar-refractivity contribution is 0.0963. The first-order valence-corrected chi connectivity index (χ1v) is 8.88. The van der Waals surface area contributed by atoms with Crippen molar-refractivity contribution in [2.24, 2.45) is 0 Å². The lowest BCUT2D eigenvalue weighted by atomic mass is 9.85. The number of nitrogens with zero attached hydrogens (tertiary/aromatic N) is 4. The molecule has 0 aliphatic heterocycles. The fourth-order valence-corrected chi connectivity index (χ4v) is 4.28. The van der Waals surface area contributed by atoms with E-state index in [9.17, 15) is 4.79 Å². The van der Waals surface area contributed by atoms with Crippen LogP contribution in [0.4, 0.5) is 0 Å². The van der Waals surface area contributed by atoms with Crippen LogP contribution >= 0.6 is 11.3 Å². The number of hydrogen-bond acceptors (Lipinski definition) is 5. The third kappa shape index (κ3) is 2.47. The summed E-state index contributed by atoms with van der Waals surface area (Å²) in [6, 6.07) is 6.08. The molecule has 0 saturated heterocycles. The predicted molar refractivity (Wildman–Crippen MR) is 93.1 cm³/mol. The summed E-state index contributed by atoms with van der Waals surface area (Å²) in [6.07, 6.45) is 1.34. The number of carbonyl (C=O) groups is 1. The standard InChI is InChI=1S/C18H18N4OS/c1-10-7-11(2)20-18(19-10)22-14-8-13(16-5-4-6-24-16)9-15(23)17(14)12(3)21-22/h4-7,13H,8-9H2,1-3H3/t13-/m1/s1. The summed E-state index contributed by atoms with van der Waals surface area (Å²) in [5, 5.41) is 6.65. The van der Waals surface area contributed by atoms with Gasteiger partial charge in [-0.15, -0.1) is 11.3 Å². The van der Waals surface area contributed by atoms with Crippen LogP contribution in [0.15, 0.2) is 23.6 Å². The Morgan fingerprint density at radius 3 is 2.58 bits per heavy atom. The molecule has 6 heteroatoms. The minimum atomic E-state index is 0.169. The van der Waals surface area contributed by atoms with Crippen molar-refractivity contribution in [2.75, 3.05) is 0 Å².